The first-order valence-corrected chi connectivity index (χ1v) is 5.48. The molecule has 0 N–H and O–H groups in total. The maximum atomic E-state index is 7.08. The lowest BCUT2D eigenvalue weighted by Gasteiger charge is -2.02. The summed E-state index contributed by atoms with van der Waals surface area (Å²) in [6.07, 6.45) is 0. The van der Waals surface area contributed by atoms with Gasteiger partial charge in [0, 0.05) is 9.86 Å². The maximum absolute atomic E-state index is 7.08. The summed E-state index contributed by atoms with van der Waals surface area (Å²) >= 11 is 3.40. The van der Waals surface area contributed by atoms with Crippen molar-refractivity contribution >= 4 is 32.7 Å². The van der Waals surface area contributed by atoms with E-state index < -0.39 is 0 Å². The highest BCUT2D eigenvalue weighted by molar-refractivity contribution is 9.10. The minimum Gasteiger partial charge on any atom is -0.358 e. The van der Waals surface area contributed by atoms with Crippen molar-refractivity contribution in [3.05, 3.63) is 34.1 Å². The maximum Gasteiger partial charge on any atom is 0.303 e. The fourth-order valence-electron chi connectivity index (χ4n) is 1.57. The zero-order valence-electron chi connectivity index (χ0n) is 8.53. The smallest absolute Gasteiger partial charge is 0.303 e. The normalized spacial score (nSPS) is 10.9. The average Bonchev–Trinajstić information content (AvgIpc) is 2.55. The van der Waals surface area contributed by atoms with Crippen molar-refractivity contribution in [3.8, 4) is 0 Å². The van der Waals surface area contributed by atoms with Gasteiger partial charge in [0.2, 0.25) is 0 Å². The fourth-order valence-corrected chi connectivity index (χ4v) is 1.93. The molecule has 0 aliphatic rings. The minimum absolute atomic E-state index is 0.268. The fraction of sp³-hybridized carbons (Fsp3) is 0.273. The van der Waals surface area contributed by atoms with E-state index in [1.54, 1.807) is 0 Å². The Labute approximate surface area is 96.7 Å². The van der Waals surface area contributed by atoms with Gasteiger partial charge in [0.1, 0.15) is 0 Å². The van der Waals surface area contributed by atoms with E-state index in [1.165, 1.54) is 0 Å². The predicted octanol–water partition coefficient (Wildman–Crippen LogP) is 3.93. The molecule has 0 saturated carbocycles. The molecule has 0 radical (unpaired) electrons. The largest absolute Gasteiger partial charge is 0.358 e. The molecule has 4 heteroatoms. The lowest BCUT2D eigenvalue weighted by molar-refractivity contribution is 0.553. The van der Waals surface area contributed by atoms with Crippen LogP contribution in [-0.2, 0) is 0 Å². The van der Waals surface area contributed by atoms with Crippen molar-refractivity contribution in [3.63, 3.8) is 0 Å². The summed E-state index contributed by atoms with van der Waals surface area (Å²) in [6, 6.07) is 6.16. The van der Waals surface area contributed by atoms with Gasteiger partial charge in [-0.25, -0.2) is 0 Å². The molecule has 1 aromatic carbocycles. The second-order valence-corrected chi connectivity index (χ2v) is 4.55. The van der Waals surface area contributed by atoms with Gasteiger partial charge in [-0.2, -0.15) is 4.68 Å². The number of halogens is 1. The summed E-state index contributed by atoms with van der Waals surface area (Å²) < 4.78 is 2.86. The highest BCUT2D eigenvalue weighted by atomic mass is 79.9. The Kier molecular flexibility index (Phi) is 2.49. The Bertz CT molecular complexity index is 549. The molecule has 0 atom stereocenters. The Balaban J connectivity index is 2.82. The molecule has 0 spiro atoms. The van der Waals surface area contributed by atoms with Crippen molar-refractivity contribution in [1.82, 2.24) is 9.78 Å². The Hall–Kier alpha value is -1.34. The molecule has 2 aromatic rings. The van der Waals surface area contributed by atoms with Crippen LogP contribution in [0.5, 0.6) is 0 Å². The first kappa shape index (κ1) is 10.2. The summed E-state index contributed by atoms with van der Waals surface area (Å²) in [7, 11) is 0. The van der Waals surface area contributed by atoms with Crippen LogP contribution in [-0.4, -0.2) is 9.78 Å². The van der Waals surface area contributed by atoms with Crippen LogP contribution in [0.3, 0.4) is 0 Å². The van der Waals surface area contributed by atoms with Crippen LogP contribution in [0.15, 0.2) is 22.7 Å². The molecule has 0 bridgehead atoms. The van der Waals surface area contributed by atoms with Gasteiger partial charge in [-0.15, -0.1) is 0 Å². The monoisotopic (exact) mass is 263 g/mol. The standard InChI is InChI=1S/C11H10BrN3/c1-7(2)15-10-5-4-8(12)6-9(10)11(13-3)14-15/h4-7H,1-2H3. The minimum atomic E-state index is 0.268. The zero-order chi connectivity index (χ0) is 11.0. The van der Waals surface area contributed by atoms with Crippen LogP contribution >= 0.6 is 15.9 Å². The van der Waals surface area contributed by atoms with E-state index >= 15 is 0 Å². The Morgan fingerprint density at radius 2 is 2.20 bits per heavy atom. The molecule has 0 aliphatic carbocycles. The molecule has 15 heavy (non-hydrogen) atoms. The number of fused-ring (bicyclic) bond motifs is 1. The highest BCUT2D eigenvalue weighted by Crippen LogP contribution is 2.29. The summed E-state index contributed by atoms with van der Waals surface area (Å²) in [4.78, 5) is 3.44. The van der Waals surface area contributed by atoms with E-state index in [0.29, 0.717) is 5.82 Å². The number of hydrogen-bond acceptors (Lipinski definition) is 1. The van der Waals surface area contributed by atoms with Gasteiger partial charge in [0.05, 0.1) is 11.6 Å². The van der Waals surface area contributed by atoms with Gasteiger partial charge >= 0.3 is 5.82 Å². The molecule has 0 amide bonds. The highest BCUT2D eigenvalue weighted by Gasteiger charge is 2.14. The molecule has 1 aromatic heterocycles. The summed E-state index contributed by atoms with van der Waals surface area (Å²) in [5, 5.41) is 5.20. The first-order chi connectivity index (χ1) is 7.13. The lowest BCUT2D eigenvalue weighted by Crippen LogP contribution is -2.01. The van der Waals surface area contributed by atoms with E-state index in [-0.39, 0.29) is 6.04 Å². The third-order valence-corrected chi connectivity index (χ3v) is 2.74. The van der Waals surface area contributed by atoms with Gasteiger partial charge in [-0.05, 0) is 37.1 Å². The molecule has 0 aliphatic heterocycles. The number of aromatic nitrogens is 2. The molecule has 3 nitrogen and oxygen atoms in total. The van der Waals surface area contributed by atoms with Crippen LogP contribution < -0.4 is 0 Å². The van der Waals surface area contributed by atoms with Crippen molar-refractivity contribution in [1.29, 1.82) is 0 Å². The second kappa shape index (κ2) is 3.67. The van der Waals surface area contributed by atoms with E-state index in [1.807, 2.05) is 22.9 Å². The van der Waals surface area contributed by atoms with Crippen LogP contribution in [0.25, 0.3) is 15.7 Å². The van der Waals surface area contributed by atoms with Gasteiger partial charge < -0.3 is 4.85 Å². The molecule has 0 unspecified atom stereocenters. The van der Waals surface area contributed by atoms with E-state index in [9.17, 15) is 0 Å². The molecule has 2 rings (SSSR count). The molecule has 0 fully saturated rings. The van der Waals surface area contributed by atoms with E-state index in [4.69, 9.17) is 6.57 Å². The number of hydrogen-bond donors (Lipinski definition) is 0. The van der Waals surface area contributed by atoms with Crippen LogP contribution in [0, 0.1) is 6.57 Å². The summed E-state index contributed by atoms with van der Waals surface area (Å²) in [6.45, 7) is 11.2. The summed E-state index contributed by atoms with van der Waals surface area (Å²) in [5.74, 6) is 0.472. The van der Waals surface area contributed by atoms with Crippen molar-refractivity contribution < 1.29 is 0 Å². The van der Waals surface area contributed by atoms with Crippen molar-refractivity contribution in [2.75, 3.05) is 0 Å². The number of nitrogens with zero attached hydrogens (tertiary/aromatic N) is 3. The molecule has 0 saturated heterocycles. The van der Waals surface area contributed by atoms with Gasteiger partial charge in [-0.3, -0.25) is 0 Å². The van der Waals surface area contributed by atoms with Crippen LogP contribution in [0.2, 0.25) is 0 Å². The SMILES string of the molecule is [C-]#[N+]c1nn(C(C)C)c2ccc(Br)cc12. The number of rotatable bonds is 1. The zero-order valence-corrected chi connectivity index (χ0v) is 10.1. The molecular formula is C11H10BrN3. The quantitative estimate of drug-likeness (QED) is 0.715. The second-order valence-electron chi connectivity index (χ2n) is 3.64. The third-order valence-electron chi connectivity index (χ3n) is 2.24. The Morgan fingerprint density at radius 1 is 1.47 bits per heavy atom. The lowest BCUT2D eigenvalue weighted by atomic mass is 10.2. The van der Waals surface area contributed by atoms with Gasteiger partial charge in [-0.1, -0.05) is 22.5 Å². The average molecular weight is 264 g/mol. The van der Waals surface area contributed by atoms with Gasteiger partial charge in [0.15, 0.2) is 0 Å². The van der Waals surface area contributed by atoms with E-state index in [2.05, 4.69) is 39.7 Å². The molecular weight excluding hydrogens is 254 g/mol. The van der Waals surface area contributed by atoms with Crippen molar-refractivity contribution in [2.24, 2.45) is 0 Å². The summed E-state index contributed by atoms with van der Waals surface area (Å²) in [5.41, 5.74) is 1.01. The third kappa shape index (κ3) is 1.64. The van der Waals surface area contributed by atoms with Crippen molar-refractivity contribution in [2.45, 2.75) is 19.9 Å². The van der Waals surface area contributed by atoms with Crippen LogP contribution in [0.4, 0.5) is 5.82 Å². The molecule has 1 heterocycles. The topological polar surface area (TPSA) is 22.2 Å². The predicted molar refractivity (Wildman–Crippen MR) is 64.1 cm³/mol. The first-order valence-electron chi connectivity index (χ1n) is 4.68. The Morgan fingerprint density at radius 3 is 2.80 bits per heavy atom. The van der Waals surface area contributed by atoms with Gasteiger partial charge in [0.25, 0.3) is 0 Å². The van der Waals surface area contributed by atoms with E-state index in [0.717, 1.165) is 15.4 Å². The number of benzene rings is 1. The van der Waals surface area contributed by atoms with Crippen LogP contribution in [0.1, 0.15) is 19.9 Å². The molecule has 76 valence electrons.